The van der Waals surface area contributed by atoms with E-state index in [4.69, 9.17) is 25.2 Å². The predicted molar refractivity (Wildman–Crippen MR) is 178 cm³/mol. The Bertz CT molecular complexity index is 478. The molecule has 0 aromatic carbocycles. The van der Waals surface area contributed by atoms with E-state index in [2.05, 4.69) is 0 Å². The molecule has 4 unspecified atom stereocenters. The quantitative estimate of drug-likeness (QED) is 0.0414. The van der Waals surface area contributed by atoms with Crippen molar-refractivity contribution in [3.63, 3.8) is 0 Å². The van der Waals surface area contributed by atoms with Crippen molar-refractivity contribution >= 4 is 0 Å². The Kier molecular flexibility index (Phi) is 34.4. The molecule has 0 heterocycles. The largest absolute Gasteiger partial charge is 0.396 e. The average Bonchev–Trinajstić information content (AvgIpc) is 3.02. The van der Waals surface area contributed by atoms with Gasteiger partial charge in [0, 0.05) is 26.4 Å². The molecule has 0 amide bonds. The van der Waals surface area contributed by atoms with Gasteiger partial charge < -0.3 is 35.4 Å². The lowest BCUT2D eigenvalue weighted by atomic mass is 9.90. The molecular weight excluding hydrogens is 544 g/mol. The van der Waals surface area contributed by atoms with Crippen LogP contribution >= 0.6 is 0 Å². The first kappa shape index (κ1) is 42.7. The molecule has 0 spiro atoms. The van der Waals surface area contributed by atoms with E-state index >= 15 is 0 Å². The minimum atomic E-state index is -0.618. The van der Waals surface area contributed by atoms with Gasteiger partial charge in [-0.15, -0.1) is 0 Å². The number of rotatable bonds is 36. The van der Waals surface area contributed by atoms with Crippen molar-refractivity contribution < 1.29 is 35.4 Å². The second kappa shape index (κ2) is 34.6. The molecule has 0 aliphatic heterocycles. The molecular formula is C36H74O7. The van der Waals surface area contributed by atoms with Crippen molar-refractivity contribution in [2.75, 3.05) is 39.6 Å². The normalized spacial score (nSPS) is 14.7. The van der Waals surface area contributed by atoms with E-state index in [1.54, 1.807) is 0 Å². The van der Waals surface area contributed by atoms with Crippen LogP contribution in [0.15, 0.2) is 0 Å². The first-order chi connectivity index (χ1) is 21.1. The second-order valence-corrected chi connectivity index (χ2v) is 13.2. The molecule has 0 aliphatic rings. The molecule has 0 bridgehead atoms. The van der Waals surface area contributed by atoms with Gasteiger partial charge in [-0.05, 0) is 63.2 Å². The third-order valence-electron chi connectivity index (χ3n) is 8.98. The van der Waals surface area contributed by atoms with Crippen LogP contribution in [0.4, 0.5) is 0 Å². The van der Waals surface area contributed by atoms with Crippen LogP contribution in [0.2, 0.25) is 0 Å². The van der Waals surface area contributed by atoms with Gasteiger partial charge in [0.2, 0.25) is 0 Å². The van der Waals surface area contributed by atoms with E-state index < -0.39 is 12.2 Å². The van der Waals surface area contributed by atoms with Crippen LogP contribution in [0.5, 0.6) is 0 Å². The van der Waals surface area contributed by atoms with E-state index in [1.807, 2.05) is 0 Å². The lowest BCUT2D eigenvalue weighted by Gasteiger charge is -2.19. The summed E-state index contributed by atoms with van der Waals surface area (Å²) in [6.45, 7) is 1.90. The summed E-state index contributed by atoms with van der Waals surface area (Å²) >= 11 is 0. The number of unbranched alkanes of at least 4 members (excludes halogenated alkanes) is 16. The lowest BCUT2D eigenvalue weighted by molar-refractivity contribution is 0.0697. The number of aliphatic hydroxyl groups is 6. The monoisotopic (exact) mass is 619 g/mol. The zero-order chi connectivity index (χ0) is 31.6. The van der Waals surface area contributed by atoms with Crippen molar-refractivity contribution in [2.45, 2.75) is 179 Å². The maximum absolute atomic E-state index is 9.72. The summed E-state index contributed by atoms with van der Waals surface area (Å²) in [5.41, 5.74) is 0. The van der Waals surface area contributed by atoms with Gasteiger partial charge in [-0.25, -0.2) is 0 Å². The SMILES string of the molecule is OCCCC(CCCCCCCCCCCOCCCCCCCCCCCC(CCCO)CC(O)CO)CC(O)CO. The first-order valence-corrected chi connectivity index (χ1v) is 18.4. The van der Waals surface area contributed by atoms with Crippen molar-refractivity contribution in [1.82, 2.24) is 0 Å². The molecule has 0 aromatic rings. The van der Waals surface area contributed by atoms with Gasteiger partial charge >= 0.3 is 0 Å². The Balaban J connectivity index is 3.37. The summed E-state index contributed by atoms with van der Waals surface area (Å²) in [5, 5.41) is 55.7. The molecule has 7 nitrogen and oxygen atoms in total. The third kappa shape index (κ3) is 31.5. The zero-order valence-corrected chi connectivity index (χ0v) is 28.0. The number of hydrogen-bond donors (Lipinski definition) is 6. The zero-order valence-electron chi connectivity index (χ0n) is 28.0. The first-order valence-electron chi connectivity index (χ1n) is 18.4. The smallest absolute Gasteiger partial charge is 0.0773 e. The van der Waals surface area contributed by atoms with Gasteiger partial charge in [0.15, 0.2) is 0 Å². The highest BCUT2D eigenvalue weighted by Gasteiger charge is 2.14. The van der Waals surface area contributed by atoms with Crippen LogP contribution in [0.3, 0.4) is 0 Å². The topological polar surface area (TPSA) is 131 Å². The van der Waals surface area contributed by atoms with Gasteiger partial charge in [-0.1, -0.05) is 116 Å². The Morgan fingerprint density at radius 2 is 0.628 bits per heavy atom. The highest BCUT2D eigenvalue weighted by Crippen LogP contribution is 2.23. The molecule has 0 fully saturated rings. The van der Waals surface area contributed by atoms with Crippen molar-refractivity contribution in [2.24, 2.45) is 11.8 Å². The van der Waals surface area contributed by atoms with Gasteiger partial charge in [0.25, 0.3) is 0 Å². The minimum absolute atomic E-state index is 0.164. The van der Waals surface area contributed by atoms with Gasteiger partial charge in [0.05, 0.1) is 25.4 Å². The van der Waals surface area contributed by atoms with Crippen LogP contribution in [-0.4, -0.2) is 82.5 Å². The number of ether oxygens (including phenoxy) is 1. The summed E-state index contributed by atoms with van der Waals surface area (Å²) in [7, 11) is 0. The van der Waals surface area contributed by atoms with Crippen LogP contribution in [0.1, 0.15) is 167 Å². The fraction of sp³-hybridized carbons (Fsp3) is 1.00. The van der Waals surface area contributed by atoms with E-state index in [0.717, 1.165) is 51.7 Å². The molecule has 0 aliphatic carbocycles. The summed E-state index contributed by atoms with van der Waals surface area (Å²) in [6, 6.07) is 0. The van der Waals surface area contributed by atoms with E-state index in [9.17, 15) is 10.2 Å². The van der Waals surface area contributed by atoms with Crippen molar-refractivity contribution in [1.29, 1.82) is 0 Å². The van der Waals surface area contributed by atoms with Crippen LogP contribution < -0.4 is 0 Å². The second-order valence-electron chi connectivity index (χ2n) is 13.2. The molecule has 43 heavy (non-hydrogen) atoms. The Morgan fingerprint density at radius 1 is 0.349 bits per heavy atom. The molecule has 0 aromatic heterocycles. The molecule has 4 atom stereocenters. The summed E-state index contributed by atoms with van der Waals surface area (Å²) in [6.07, 6.45) is 28.5. The van der Waals surface area contributed by atoms with E-state index in [0.29, 0.717) is 24.7 Å². The maximum Gasteiger partial charge on any atom is 0.0773 e. The van der Waals surface area contributed by atoms with Gasteiger partial charge in [-0.2, -0.15) is 0 Å². The van der Waals surface area contributed by atoms with Crippen LogP contribution in [0, 0.1) is 11.8 Å². The lowest BCUT2D eigenvalue weighted by Crippen LogP contribution is -2.17. The Labute approximate surface area is 265 Å². The molecule has 0 radical (unpaired) electrons. The fourth-order valence-electron chi connectivity index (χ4n) is 6.29. The third-order valence-corrected chi connectivity index (χ3v) is 8.98. The highest BCUT2D eigenvalue weighted by atomic mass is 16.5. The highest BCUT2D eigenvalue weighted by molar-refractivity contribution is 4.67. The molecule has 0 rings (SSSR count). The van der Waals surface area contributed by atoms with Crippen LogP contribution in [-0.2, 0) is 4.74 Å². The van der Waals surface area contributed by atoms with Crippen LogP contribution in [0.25, 0.3) is 0 Å². The number of aliphatic hydroxyl groups excluding tert-OH is 6. The molecule has 260 valence electrons. The van der Waals surface area contributed by atoms with E-state index in [1.165, 1.54) is 116 Å². The molecule has 6 N–H and O–H groups in total. The molecule has 0 saturated heterocycles. The molecule has 7 heteroatoms. The van der Waals surface area contributed by atoms with Crippen molar-refractivity contribution in [3.8, 4) is 0 Å². The Hall–Kier alpha value is -0.280. The maximum atomic E-state index is 9.72. The van der Waals surface area contributed by atoms with E-state index in [-0.39, 0.29) is 26.4 Å². The van der Waals surface area contributed by atoms with Gasteiger partial charge in [-0.3, -0.25) is 0 Å². The predicted octanol–water partition coefficient (Wildman–Crippen LogP) is 7.07. The number of hydrogen-bond acceptors (Lipinski definition) is 7. The standard InChI is InChI=1S/C36H74O7/c37-25-19-23-33(29-35(41)31-39)21-15-11-7-3-1-5-9-13-17-27-43-28-18-14-10-6-2-4-8-12-16-22-34(24-20-26-38)30-36(42)32-40/h33-42H,1-32H2. The minimum Gasteiger partial charge on any atom is -0.396 e. The average molecular weight is 619 g/mol. The summed E-state index contributed by atoms with van der Waals surface area (Å²) < 4.78 is 5.84. The van der Waals surface area contributed by atoms with Gasteiger partial charge in [0.1, 0.15) is 0 Å². The fourth-order valence-corrected chi connectivity index (χ4v) is 6.29. The summed E-state index contributed by atoms with van der Waals surface area (Å²) in [4.78, 5) is 0. The summed E-state index contributed by atoms with van der Waals surface area (Å²) in [5.74, 6) is 0.830. The Morgan fingerprint density at radius 3 is 0.930 bits per heavy atom. The van der Waals surface area contributed by atoms with Crippen molar-refractivity contribution in [3.05, 3.63) is 0 Å². The molecule has 0 saturated carbocycles.